The number of halogens is 1. The van der Waals surface area contributed by atoms with Crippen LogP contribution >= 0.6 is 11.6 Å². The highest BCUT2D eigenvalue weighted by atomic mass is 35.5. The number of hydrogen-bond acceptors (Lipinski definition) is 7. The summed E-state index contributed by atoms with van der Waals surface area (Å²) in [6.07, 6.45) is 0.450. The van der Waals surface area contributed by atoms with Crippen LogP contribution in [0.2, 0.25) is 5.02 Å². The van der Waals surface area contributed by atoms with Gasteiger partial charge in [0.1, 0.15) is 18.4 Å². The Morgan fingerprint density at radius 3 is 2.62 bits per heavy atom. The molecule has 2 unspecified atom stereocenters. The van der Waals surface area contributed by atoms with Crippen LogP contribution < -0.4 is 5.11 Å². The number of nitrogens with zero attached hydrogens (tertiary/aromatic N) is 4. The predicted molar refractivity (Wildman–Crippen MR) is 134 cm³/mol. The number of ether oxygens (including phenoxy) is 2. The van der Waals surface area contributed by atoms with Crippen molar-refractivity contribution in [2.45, 2.75) is 31.8 Å². The van der Waals surface area contributed by atoms with Gasteiger partial charge >= 0.3 is 5.97 Å². The second kappa shape index (κ2) is 11.0. The van der Waals surface area contributed by atoms with Gasteiger partial charge in [0.2, 0.25) is 0 Å². The van der Waals surface area contributed by atoms with Gasteiger partial charge < -0.3 is 24.3 Å². The quantitative estimate of drug-likeness (QED) is 0.343. The van der Waals surface area contributed by atoms with Crippen LogP contribution in [0.4, 0.5) is 4.79 Å². The Hall–Kier alpha value is -3.95. The molecule has 0 aliphatic carbocycles. The monoisotopic (exact) mass is 519 g/mol. The zero-order valence-corrected chi connectivity index (χ0v) is 20.6. The number of likely N-dealkylation sites (tertiary alicyclic amines) is 1. The molecular weight excluding hydrogens is 496 g/mol. The van der Waals surface area contributed by atoms with E-state index in [1.54, 1.807) is 35.1 Å². The minimum atomic E-state index is -1.23. The molecule has 9 nitrogen and oxygen atoms in total. The summed E-state index contributed by atoms with van der Waals surface area (Å²) in [5.41, 5.74) is 1.71. The average molecular weight is 520 g/mol. The molecule has 3 aromatic carbocycles. The molecule has 1 saturated heterocycles. The van der Waals surface area contributed by atoms with Gasteiger partial charge in [0.15, 0.2) is 0 Å². The summed E-state index contributed by atoms with van der Waals surface area (Å²) in [7, 11) is 0. The third kappa shape index (κ3) is 5.73. The molecule has 2 heterocycles. The van der Waals surface area contributed by atoms with Gasteiger partial charge in [-0.25, -0.2) is 9.48 Å². The van der Waals surface area contributed by atoms with Crippen LogP contribution in [-0.4, -0.2) is 51.1 Å². The molecule has 4 aromatic rings. The maximum absolute atomic E-state index is 12.4. The highest BCUT2D eigenvalue weighted by Crippen LogP contribution is 2.27. The van der Waals surface area contributed by atoms with E-state index in [0.29, 0.717) is 30.3 Å². The molecule has 1 fully saturated rings. The van der Waals surface area contributed by atoms with Crippen LogP contribution in [0.1, 0.15) is 34.1 Å². The highest BCUT2D eigenvalue weighted by molar-refractivity contribution is 6.33. The number of hydrogen-bond donors (Lipinski definition) is 0. The number of carbonyl (C=O) groups excluding carboxylic acids is 2. The summed E-state index contributed by atoms with van der Waals surface area (Å²) in [6.45, 7) is 0.672. The number of carboxylic acid groups (broad SMARTS) is 1. The minimum Gasteiger partial charge on any atom is -0.530 e. The van der Waals surface area contributed by atoms with Gasteiger partial charge in [-0.05, 0) is 41.0 Å². The molecule has 5 rings (SSSR count). The number of carbonyl (C=O) groups is 2. The second-order valence-electron chi connectivity index (χ2n) is 8.84. The van der Waals surface area contributed by atoms with Crippen LogP contribution in [0.5, 0.6) is 0 Å². The van der Waals surface area contributed by atoms with Crippen LogP contribution in [0.25, 0.3) is 10.8 Å². The van der Waals surface area contributed by atoms with Crippen molar-refractivity contribution >= 4 is 34.4 Å². The van der Waals surface area contributed by atoms with Crippen molar-refractivity contribution in [2.75, 3.05) is 13.1 Å². The molecule has 0 N–H and O–H groups in total. The van der Waals surface area contributed by atoms with Crippen molar-refractivity contribution < 1.29 is 24.2 Å². The van der Waals surface area contributed by atoms with Crippen molar-refractivity contribution in [1.29, 1.82) is 0 Å². The molecule has 1 aliphatic rings. The number of piperidine rings is 1. The van der Waals surface area contributed by atoms with Gasteiger partial charge in [-0.15, -0.1) is 5.10 Å². The van der Waals surface area contributed by atoms with Gasteiger partial charge in [-0.2, -0.15) is 0 Å². The molecule has 0 spiro atoms. The summed E-state index contributed by atoms with van der Waals surface area (Å²) in [6, 6.07) is 20.5. The van der Waals surface area contributed by atoms with Gasteiger partial charge in [0.05, 0.1) is 35.5 Å². The molecule has 1 amide bonds. The Morgan fingerprint density at radius 2 is 1.81 bits per heavy atom. The SMILES string of the molecule is O=C(OCc1cn(C2CCN(C(=O)[O-])CC2OCc2ccc3ccccc3c2)nn1)c1ccccc1Cl. The number of esters is 1. The van der Waals surface area contributed by atoms with E-state index in [9.17, 15) is 14.7 Å². The van der Waals surface area contributed by atoms with E-state index in [0.717, 1.165) is 16.3 Å². The Labute approximate surface area is 218 Å². The second-order valence-corrected chi connectivity index (χ2v) is 9.25. The topological polar surface area (TPSA) is 110 Å². The number of benzene rings is 3. The van der Waals surface area contributed by atoms with E-state index in [4.69, 9.17) is 21.1 Å². The first-order valence-corrected chi connectivity index (χ1v) is 12.2. The van der Waals surface area contributed by atoms with Crippen molar-refractivity contribution in [1.82, 2.24) is 19.9 Å². The van der Waals surface area contributed by atoms with Crippen molar-refractivity contribution in [3.8, 4) is 0 Å². The maximum atomic E-state index is 12.4. The lowest BCUT2D eigenvalue weighted by Gasteiger charge is -2.39. The lowest BCUT2D eigenvalue weighted by molar-refractivity contribution is -0.269. The van der Waals surface area contributed by atoms with Crippen LogP contribution in [0.3, 0.4) is 0 Å². The fraction of sp³-hybridized carbons (Fsp3) is 0.259. The highest BCUT2D eigenvalue weighted by Gasteiger charge is 2.32. The summed E-state index contributed by atoms with van der Waals surface area (Å²) >= 11 is 6.06. The normalized spacial score (nSPS) is 17.6. The summed E-state index contributed by atoms with van der Waals surface area (Å²) in [5, 5.41) is 22.4. The zero-order chi connectivity index (χ0) is 25.8. The standard InChI is InChI=1S/C27H25ClN4O5/c28-23-8-4-3-7-22(23)26(33)37-17-21-14-32(30-29-21)24-11-12-31(27(34)35)15-25(24)36-16-18-9-10-19-5-1-2-6-20(19)13-18/h1-10,13-14,24-25H,11-12,15-17H2,(H,34,35)/p-1. The Bertz CT molecular complexity index is 1420. The molecule has 1 aromatic heterocycles. The Balaban J connectivity index is 1.27. The van der Waals surface area contributed by atoms with Crippen LogP contribution in [0, 0.1) is 0 Å². The number of amides is 1. The molecule has 0 radical (unpaired) electrons. The zero-order valence-electron chi connectivity index (χ0n) is 19.8. The van der Waals surface area contributed by atoms with Crippen molar-refractivity contribution in [3.05, 3.63) is 94.8 Å². The molecule has 2 atom stereocenters. The smallest absolute Gasteiger partial charge is 0.340 e. The molecule has 1 aliphatic heterocycles. The maximum Gasteiger partial charge on any atom is 0.340 e. The number of aromatic nitrogens is 3. The molecule has 0 saturated carbocycles. The van der Waals surface area contributed by atoms with Crippen LogP contribution in [-0.2, 0) is 22.7 Å². The van der Waals surface area contributed by atoms with Gasteiger partial charge in [-0.1, -0.05) is 65.3 Å². The number of fused-ring (bicyclic) bond motifs is 1. The molecule has 0 bridgehead atoms. The van der Waals surface area contributed by atoms with E-state index in [1.807, 2.05) is 36.4 Å². The minimum absolute atomic E-state index is 0.0788. The summed E-state index contributed by atoms with van der Waals surface area (Å²) in [5.74, 6) is -0.556. The van der Waals surface area contributed by atoms with E-state index in [-0.39, 0.29) is 24.8 Å². The largest absolute Gasteiger partial charge is 0.530 e. The predicted octanol–water partition coefficient (Wildman–Crippen LogP) is 3.62. The summed E-state index contributed by atoms with van der Waals surface area (Å²) < 4.78 is 13.2. The average Bonchev–Trinajstić information content (AvgIpc) is 3.39. The molecular formula is C27H24ClN4O5-. The first kappa shape index (κ1) is 24.7. The third-order valence-corrected chi connectivity index (χ3v) is 6.73. The lowest BCUT2D eigenvalue weighted by atomic mass is 10.0. The van der Waals surface area contributed by atoms with E-state index >= 15 is 0 Å². The van der Waals surface area contributed by atoms with Crippen molar-refractivity contribution in [2.24, 2.45) is 0 Å². The Morgan fingerprint density at radius 1 is 1.03 bits per heavy atom. The first-order chi connectivity index (χ1) is 18.0. The Kier molecular flexibility index (Phi) is 7.34. The first-order valence-electron chi connectivity index (χ1n) is 11.9. The van der Waals surface area contributed by atoms with Gasteiger partial charge in [0.25, 0.3) is 0 Å². The lowest BCUT2D eigenvalue weighted by Crippen LogP contribution is -2.52. The number of rotatable bonds is 7. The summed E-state index contributed by atoms with van der Waals surface area (Å²) in [4.78, 5) is 25.1. The molecule has 37 heavy (non-hydrogen) atoms. The van der Waals surface area contributed by atoms with Gasteiger partial charge in [0, 0.05) is 13.1 Å². The van der Waals surface area contributed by atoms with E-state index in [1.165, 1.54) is 4.90 Å². The third-order valence-electron chi connectivity index (χ3n) is 6.40. The van der Waals surface area contributed by atoms with Gasteiger partial charge in [-0.3, -0.25) is 0 Å². The fourth-order valence-corrected chi connectivity index (χ4v) is 4.67. The van der Waals surface area contributed by atoms with Crippen LogP contribution in [0.15, 0.2) is 72.9 Å². The molecule has 10 heteroatoms. The van der Waals surface area contributed by atoms with E-state index < -0.39 is 18.2 Å². The fourth-order valence-electron chi connectivity index (χ4n) is 4.45. The molecule has 190 valence electrons. The van der Waals surface area contributed by atoms with Crippen molar-refractivity contribution in [3.63, 3.8) is 0 Å². The van der Waals surface area contributed by atoms with E-state index in [2.05, 4.69) is 16.4 Å².